The van der Waals surface area contributed by atoms with Crippen molar-refractivity contribution >= 4 is 22.0 Å². The number of nitrogens with one attached hydrogen (secondary N) is 2. The summed E-state index contributed by atoms with van der Waals surface area (Å²) in [7, 11) is -1.70. The van der Waals surface area contributed by atoms with Gasteiger partial charge in [0.05, 0.1) is 6.26 Å². The Labute approximate surface area is 205 Å². The number of nitrogens with zero attached hydrogens (tertiary/aromatic N) is 6. The maximum atomic E-state index is 13.3. The summed E-state index contributed by atoms with van der Waals surface area (Å²) in [5, 5.41) is 16.6. The minimum absolute atomic E-state index is 0.0635. The molecule has 13 heteroatoms. The second-order valence-electron chi connectivity index (χ2n) is 9.60. The molecule has 2 aromatic rings. The summed E-state index contributed by atoms with van der Waals surface area (Å²) in [5.74, 6) is 0.380. The Kier molecular flexibility index (Phi) is 7.97. The first-order chi connectivity index (χ1) is 16.7. The van der Waals surface area contributed by atoms with Crippen LogP contribution in [0.3, 0.4) is 0 Å². The van der Waals surface area contributed by atoms with Gasteiger partial charge in [0.15, 0.2) is 0 Å². The van der Waals surface area contributed by atoms with Gasteiger partial charge in [-0.15, -0.1) is 0 Å². The number of halogens is 1. The molecule has 0 bridgehead atoms. The lowest BCUT2D eigenvalue weighted by Crippen LogP contribution is -2.56. The molecule has 0 radical (unpaired) electrons. The number of amides is 2. The van der Waals surface area contributed by atoms with E-state index in [0.717, 1.165) is 37.9 Å². The monoisotopic (exact) mass is 508 g/mol. The van der Waals surface area contributed by atoms with Crippen LogP contribution in [0.25, 0.3) is 0 Å². The first-order valence-electron chi connectivity index (χ1n) is 11.9. The number of aromatic nitrogens is 4. The smallest absolute Gasteiger partial charge is 0.321 e. The molecule has 2 saturated heterocycles. The van der Waals surface area contributed by atoms with Gasteiger partial charge < -0.3 is 10.2 Å². The SMILES string of the molecule is Cn1nnnc1NC(=O)N[C@@H]1CCN(S(C)(=O)=O)C[C@H]1CN1CCCC(Cc2ccc(F)cc2)C1. The fourth-order valence-electron chi connectivity index (χ4n) is 5.09. The number of carbonyl (C=O) groups excluding carboxylic acids is 1. The highest BCUT2D eigenvalue weighted by Crippen LogP contribution is 2.25. The van der Waals surface area contributed by atoms with Crippen LogP contribution in [0.15, 0.2) is 24.3 Å². The maximum absolute atomic E-state index is 13.3. The van der Waals surface area contributed by atoms with Gasteiger partial charge in [0, 0.05) is 45.2 Å². The predicted octanol–water partition coefficient (Wildman–Crippen LogP) is 1.08. The number of anilines is 1. The van der Waals surface area contributed by atoms with Crippen LogP contribution >= 0.6 is 0 Å². The number of hydrogen-bond acceptors (Lipinski definition) is 7. The Bertz CT molecular complexity index is 1110. The normalized spacial score (nSPS) is 24.3. The molecule has 0 spiro atoms. The highest BCUT2D eigenvalue weighted by Gasteiger charge is 2.36. The second kappa shape index (κ2) is 11.0. The Morgan fingerprint density at radius 2 is 1.94 bits per heavy atom. The van der Waals surface area contributed by atoms with E-state index in [2.05, 4.69) is 31.1 Å². The van der Waals surface area contributed by atoms with Crippen molar-refractivity contribution in [2.24, 2.45) is 18.9 Å². The summed E-state index contributed by atoms with van der Waals surface area (Å²) < 4.78 is 40.6. The molecule has 2 fully saturated rings. The van der Waals surface area contributed by atoms with Crippen molar-refractivity contribution in [2.75, 3.05) is 44.3 Å². The third-order valence-electron chi connectivity index (χ3n) is 6.86. The van der Waals surface area contributed by atoms with Crippen LogP contribution in [0.2, 0.25) is 0 Å². The summed E-state index contributed by atoms with van der Waals surface area (Å²) >= 11 is 0. The van der Waals surface area contributed by atoms with Crippen LogP contribution in [-0.4, -0.2) is 88.9 Å². The van der Waals surface area contributed by atoms with Crippen LogP contribution in [0.4, 0.5) is 15.1 Å². The molecule has 2 aliphatic rings. The van der Waals surface area contributed by atoms with E-state index in [1.54, 1.807) is 7.05 Å². The zero-order valence-electron chi connectivity index (χ0n) is 20.1. The minimum Gasteiger partial charge on any atom is -0.335 e. The van der Waals surface area contributed by atoms with E-state index in [-0.39, 0.29) is 23.7 Å². The zero-order valence-corrected chi connectivity index (χ0v) is 20.9. The minimum atomic E-state index is -3.33. The summed E-state index contributed by atoms with van der Waals surface area (Å²) in [4.78, 5) is 15.0. The quantitative estimate of drug-likeness (QED) is 0.573. The lowest BCUT2D eigenvalue weighted by Gasteiger charge is -2.42. The van der Waals surface area contributed by atoms with Gasteiger partial charge >= 0.3 is 6.03 Å². The van der Waals surface area contributed by atoms with Crippen LogP contribution in [-0.2, 0) is 23.5 Å². The van der Waals surface area contributed by atoms with Gasteiger partial charge in [0.2, 0.25) is 10.0 Å². The van der Waals surface area contributed by atoms with Crippen molar-refractivity contribution in [3.05, 3.63) is 35.6 Å². The van der Waals surface area contributed by atoms with Crippen molar-refractivity contribution in [3.8, 4) is 0 Å². The van der Waals surface area contributed by atoms with Gasteiger partial charge in [-0.25, -0.2) is 26.6 Å². The number of urea groups is 1. The van der Waals surface area contributed by atoms with Crippen LogP contribution in [0.5, 0.6) is 0 Å². The first kappa shape index (κ1) is 25.5. The van der Waals surface area contributed by atoms with Crippen molar-refractivity contribution in [2.45, 2.75) is 31.7 Å². The standard InChI is InChI=1S/C22H33FN8O3S/c1-29-21(26-27-28-29)25-22(32)24-20-9-11-31(35(2,33)34)15-18(20)14-30-10-3-4-17(13-30)12-16-5-7-19(23)8-6-16/h5-8,17-18,20H,3-4,9-15H2,1-2H3,(H2,24,25,26,28,32)/t17?,18-,20-/m1/s1. The molecule has 0 aliphatic carbocycles. The largest absolute Gasteiger partial charge is 0.335 e. The van der Waals surface area contributed by atoms with E-state index in [1.807, 2.05) is 12.1 Å². The van der Waals surface area contributed by atoms with E-state index >= 15 is 0 Å². The molecular formula is C22H33FN8O3S. The summed E-state index contributed by atoms with van der Waals surface area (Å²) in [6.45, 7) is 3.21. The van der Waals surface area contributed by atoms with E-state index in [1.165, 1.54) is 27.4 Å². The third-order valence-corrected chi connectivity index (χ3v) is 8.13. The van der Waals surface area contributed by atoms with Gasteiger partial charge in [0.25, 0.3) is 5.95 Å². The highest BCUT2D eigenvalue weighted by atomic mass is 32.2. The number of piperidine rings is 2. The average Bonchev–Trinajstić information content (AvgIpc) is 3.20. The molecule has 1 unspecified atom stereocenters. The summed E-state index contributed by atoms with van der Waals surface area (Å²) in [5.41, 5.74) is 1.12. The molecular weight excluding hydrogens is 475 g/mol. The number of tetrazole rings is 1. The molecule has 1 aromatic heterocycles. The van der Waals surface area contributed by atoms with E-state index in [4.69, 9.17) is 0 Å². The number of carbonyl (C=O) groups is 1. The van der Waals surface area contributed by atoms with Crippen molar-refractivity contribution in [3.63, 3.8) is 0 Å². The molecule has 1 aromatic carbocycles. The summed E-state index contributed by atoms with van der Waals surface area (Å²) in [6.07, 6.45) is 4.78. The molecule has 0 saturated carbocycles. The molecule has 2 aliphatic heterocycles. The Morgan fingerprint density at radius 3 is 2.63 bits per heavy atom. The topological polar surface area (TPSA) is 125 Å². The molecule has 2 N–H and O–H groups in total. The Morgan fingerprint density at radius 1 is 1.17 bits per heavy atom. The maximum Gasteiger partial charge on any atom is 0.321 e. The van der Waals surface area contributed by atoms with Crippen LogP contribution < -0.4 is 10.6 Å². The average molecular weight is 509 g/mol. The van der Waals surface area contributed by atoms with E-state index < -0.39 is 16.1 Å². The number of benzene rings is 1. The number of hydrogen-bond donors (Lipinski definition) is 2. The Balaban J connectivity index is 1.40. The fourth-order valence-corrected chi connectivity index (χ4v) is 5.98. The lowest BCUT2D eigenvalue weighted by atomic mass is 9.88. The van der Waals surface area contributed by atoms with Crippen molar-refractivity contribution in [1.29, 1.82) is 0 Å². The molecule has 11 nitrogen and oxygen atoms in total. The van der Waals surface area contributed by atoms with Gasteiger partial charge in [-0.3, -0.25) is 5.32 Å². The highest BCUT2D eigenvalue weighted by molar-refractivity contribution is 7.88. The second-order valence-corrected chi connectivity index (χ2v) is 11.6. The van der Waals surface area contributed by atoms with E-state index in [0.29, 0.717) is 32.0 Å². The number of likely N-dealkylation sites (tertiary alicyclic amines) is 1. The Hall–Kier alpha value is -2.64. The van der Waals surface area contributed by atoms with E-state index in [9.17, 15) is 17.6 Å². The van der Waals surface area contributed by atoms with Gasteiger partial charge in [-0.05, 0) is 66.3 Å². The van der Waals surface area contributed by atoms with Gasteiger partial charge in [0.1, 0.15) is 5.82 Å². The molecule has 192 valence electrons. The van der Waals surface area contributed by atoms with Gasteiger partial charge in [-0.1, -0.05) is 17.2 Å². The molecule has 2 amide bonds. The van der Waals surface area contributed by atoms with Gasteiger partial charge in [-0.2, -0.15) is 0 Å². The fraction of sp³-hybridized carbons (Fsp3) is 0.636. The molecule has 35 heavy (non-hydrogen) atoms. The summed E-state index contributed by atoms with van der Waals surface area (Å²) in [6, 6.07) is 6.06. The molecule has 3 heterocycles. The zero-order chi connectivity index (χ0) is 25.0. The third kappa shape index (κ3) is 6.95. The predicted molar refractivity (Wildman–Crippen MR) is 129 cm³/mol. The number of aryl methyl sites for hydroxylation is 1. The van der Waals surface area contributed by atoms with Crippen LogP contribution in [0, 0.1) is 17.7 Å². The molecule has 4 rings (SSSR count). The van der Waals surface area contributed by atoms with Crippen molar-refractivity contribution < 1.29 is 17.6 Å². The van der Waals surface area contributed by atoms with Crippen LogP contribution in [0.1, 0.15) is 24.8 Å². The molecule has 3 atom stereocenters. The van der Waals surface area contributed by atoms with Crippen molar-refractivity contribution in [1.82, 2.24) is 34.7 Å². The lowest BCUT2D eigenvalue weighted by molar-refractivity contribution is 0.111. The number of sulfonamides is 1. The first-order valence-corrected chi connectivity index (χ1v) is 13.7. The number of rotatable bonds is 7.